The van der Waals surface area contributed by atoms with E-state index in [4.69, 9.17) is 21.1 Å². The van der Waals surface area contributed by atoms with Gasteiger partial charge in [0, 0.05) is 23.3 Å². The predicted octanol–water partition coefficient (Wildman–Crippen LogP) is 3.34. The second-order valence-electron chi connectivity index (χ2n) is 5.68. The maximum Gasteiger partial charge on any atom is 0.280 e. The number of aryl methyl sites for hydroxylation is 1. The SMILES string of the molecule is CCn1nc(C(=O)Nc2ccc(OC)c(OC)c2)c(=O)c2cc(Cl)ccc21. The lowest BCUT2D eigenvalue weighted by Gasteiger charge is -2.12. The fraction of sp³-hybridized carbons (Fsp3) is 0.211. The lowest BCUT2D eigenvalue weighted by Crippen LogP contribution is -2.27. The zero-order valence-corrected chi connectivity index (χ0v) is 15.8. The highest BCUT2D eigenvalue weighted by Gasteiger charge is 2.18. The number of hydrogen-bond acceptors (Lipinski definition) is 5. The maximum absolute atomic E-state index is 12.8. The largest absolute Gasteiger partial charge is 0.493 e. The van der Waals surface area contributed by atoms with Gasteiger partial charge in [0.2, 0.25) is 5.43 Å². The summed E-state index contributed by atoms with van der Waals surface area (Å²) in [5.74, 6) is 0.373. The molecule has 0 aliphatic rings. The highest BCUT2D eigenvalue weighted by Crippen LogP contribution is 2.29. The third kappa shape index (κ3) is 3.59. The summed E-state index contributed by atoms with van der Waals surface area (Å²) >= 11 is 6.01. The number of methoxy groups -OCH3 is 2. The van der Waals surface area contributed by atoms with Gasteiger partial charge in [-0.1, -0.05) is 11.6 Å². The Kier molecular flexibility index (Phi) is 5.32. The monoisotopic (exact) mass is 387 g/mol. The molecule has 0 aliphatic carbocycles. The number of ether oxygens (including phenoxy) is 2. The Labute approximate surface area is 160 Å². The average molecular weight is 388 g/mol. The van der Waals surface area contributed by atoms with Crippen molar-refractivity contribution in [3.63, 3.8) is 0 Å². The van der Waals surface area contributed by atoms with Gasteiger partial charge in [-0.2, -0.15) is 5.10 Å². The summed E-state index contributed by atoms with van der Waals surface area (Å²) in [5, 5.41) is 7.65. The Hall–Kier alpha value is -3.06. The van der Waals surface area contributed by atoms with Crippen LogP contribution in [0.5, 0.6) is 11.5 Å². The van der Waals surface area contributed by atoms with Crippen molar-refractivity contribution in [2.45, 2.75) is 13.5 Å². The summed E-state index contributed by atoms with van der Waals surface area (Å²) in [7, 11) is 3.02. The number of carbonyl (C=O) groups is 1. The number of nitrogens with zero attached hydrogens (tertiary/aromatic N) is 2. The van der Waals surface area contributed by atoms with Gasteiger partial charge >= 0.3 is 0 Å². The number of carbonyl (C=O) groups excluding carboxylic acids is 1. The van der Waals surface area contributed by atoms with Crippen LogP contribution in [0, 0.1) is 0 Å². The van der Waals surface area contributed by atoms with E-state index in [2.05, 4.69) is 10.4 Å². The Balaban J connectivity index is 2.03. The number of fused-ring (bicyclic) bond motifs is 1. The molecule has 0 bridgehead atoms. The zero-order valence-electron chi connectivity index (χ0n) is 15.1. The van der Waals surface area contributed by atoms with Crippen molar-refractivity contribution in [1.82, 2.24) is 9.78 Å². The van der Waals surface area contributed by atoms with E-state index in [-0.39, 0.29) is 5.69 Å². The maximum atomic E-state index is 12.8. The third-order valence-corrected chi connectivity index (χ3v) is 4.31. The minimum absolute atomic E-state index is 0.207. The van der Waals surface area contributed by atoms with E-state index in [9.17, 15) is 9.59 Å². The molecule has 0 spiro atoms. The van der Waals surface area contributed by atoms with E-state index < -0.39 is 11.3 Å². The second-order valence-corrected chi connectivity index (χ2v) is 6.12. The molecule has 3 rings (SSSR count). The Morgan fingerprint density at radius 3 is 2.56 bits per heavy atom. The van der Waals surface area contributed by atoms with Gasteiger partial charge in [-0.05, 0) is 37.3 Å². The van der Waals surface area contributed by atoms with Gasteiger partial charge in [-0.25, -0.2) is 0 Å². The van der Waals surface area contributed by atoms with Crippen LogP contribution in [0.3, 0.4) is 0 Å². The Morgan fingerprint density at radius 1 is 1.15 bits per heavy atom. The number of rotatable bonds is 5. The topological polar surface area (TPSA) is 82.5 Å². The van der Waals surface area contributed by atoms with Crippen LogP contribution in [0.15, 0.2) is 41.2 Å². The third-order valence-electron chi connectivity index (χ3n) is 4.07. The van der Waals surface area contributed by atoms with Gasteiger partial charge in [0.1, 0.15) is 0 Å². The molecule has 140 valence electrons. The standard InChI is InChI=1S/C19H18ClN3O4/c1-4-23-14-7-5-11(20)9-13(14)18(24)17(22-23)19(25)21-12-6-8-15(26-2)16(10-12)27-3/h5-10H,4H2,1-3H3,(H,21,25). The number of amides is 1. The summed E-state index contributed by atoms with van der Waals surface area (Å²) in [6.07, 6.45) is 0. The van der Waals surface area contributed by atoms with Crippen LogP contribution in [0.1, 0.15) is 17.4 Å². The quantitative estimate of drug-likeness (QED) is 0.726. The molecule has 1 amide bonds. The van der Waals surface area contributed by atoms with Crippen LogP contribution in [0.25, 0.3) is 10.9 Å². The molecule has 0 unspecified atom stereocenters. The van der Waals surface area contributed by atoms with Crippen LogP contribution >= 0.6 is 11.6 Å². The first-order valence-electron chi connectivity index (χ1n) is 8.22. The molecule has 1 aromatic heterocycles. The molecule has 27 heavy (non-hydrogen) atoms. The van der Waals surface area contributed by atoms with Crippen molar-refractivity contribution >= 4 is 34.1 Å². The Bertz CT molecular complexity index is 1080. The van der Waals surface area contributed by atoms with Gasteiger partial charge in [-0.3, -0.25) is 14.3 Å². The summed E-state index contributed by atoms with van der Waals surface area (Å²) in [6.45, 7) is 2.37. The fourth-order valence-corrected chi connectivity index (χ4v) is 2.93. The first kappa shape index (κ1) is 18.7. The van der Waals surface area contributed by atoms with E-state index in [1.165, 1.54) is 14.2 Å². The van der Waals surface area contributed by atoms with Crippen LogP contribution in [-0.4, -0.2) is 29.9 Å². The number of aromatic nitrogens is 2. The fourth-order valence-electron chi connectivity index (χ4n) is 2.76. The number of benzene rings is 2. The summed E-state index contributed by atoms with van der Waals surface area (Å²) in [5.41, 5.74) is 0.388. The lowest BCUT2D eigenvalue weighted by atomic mass is 10.2. The minimum atomic E-state index is -0.615. The molecule has 0 atom stereocenters. The molecule has 0 radical (unpaired) electrons. The van der Waals surface area contributed by atoms with E-state index in [1.54, 1.807) is 41.1 Å². The molecule has 8 heteroatoms. The van der Waals surface area contributed by atoms with Crippen LogP contribution < -0.4 is 20.2 Å². The molecule has 0 aliphatic heterocycles. The van der Waals surface area contributed by atoms with E-state index >= 15 is 0 Å². The van der Waals surface area contributed by atoms with Crippen LogP contribution in [-0.2, 0) is 6.54 Å². The second kappa shape index (κ2) is 7.67. The van der Waals surface area contributed by atoms with Gasteiger partial charge in [0.25, 0.3) is 5.91 Å². The zero-order chi connectivity index (χ0) is 19.6. The van der Waals surface area contributed by atoms with Crippen LogP contribution in [0.2, 0.25) is 5.02 Å². The van der Waals surface area contributed by atoms with Gasteiger partial charge in [-0.15, -0.1) is 0 Å². The molecule has 0 saturated carbocycles. The first-order chi connectivity index (χ1) is 13.0. The highest BCUT2D eigenvalue weighted by molar-refractivity contribution is 6.31. The van der Waals surface area contributed by atoms with Crippen molar-refractivity contribution in [3.05, 3.63) is 57.3 Å². The van der Waals surface area contributed by atoms with E-state index in [1.807, 2.05) is 6.92 Å². The molecule has 0 fully saturated rings. The molecule has 7 nitrogen and oxygen atoms in total. The highest BCUT2D eigenvalue weighted by atomic mass is 35.5. The smallest absolute Gasteiger partial charge is 0.280 e. The molecule has 3 aromatic rings. The van der Waals surface area contributed by atoms with Crippen molar-refractivity contribution < 1.29 is 14.3 Å². The number of halogens is 1. The number of nitrogens with one attached hydrogen (secondary N) is 1. The van der Waals surface area contributed by atoms with Crippen molar-refractivity contribution in [2.24, 2.45) is 0 Å². The molecule has 1 heterocycles. The van der Waals surface area contributed by atoms with E-state index in [0.29, 0.717) is 39.7 Å². The number of anilines is 1. The average Bonchev–Trinajstić information content (AvgIpc) is 2.68. The van der Waals surface area contributed by atoms with Crippen molar-refractivity contribution in [1.29, 1.82) is 0 Å². The molecular weight excluding hydrogens is 370 g/mol. The van der Waals surface area contributed by atoms with Crippen molar-refractivity contribution in [2.75, 3.05) is 19.5 Å². The van der Waals surface area contributed by atoms with Gasteiger partial charge in [0.05, 0.1) is 25.1 Å². The summed E-state index contributed by atoms with van der Waals surface area (Å²) in [4.78, 5) is 25.5. The lowest BCUT2D eigenvalue weighted by molar-refractivity contribution is 0.101. The molecular formula is C19H18ClN3O4. The normalized spacial score (nSPS) is 10.7. The van der Waals surface area contributed by atoms with E-state index in [0.717, 1.165) is 0 Å². The summed E-state index contributed by atoms with van der Waals surface area (Å²) in [6, 6.07) is 9.85. The van der Waals surface area contributed by atoms with Gasteiger partial charge < -0.3 is 14.8 Å². The molecule has 2 aromatic carbocycles. The predicted molar refractivity (Wildman–Crippen MR) is 104 cm³/mol. The molecule has 1 N–H and O–H groups in total. The van der Waals surface area contributed by atoms with Gasteiger partial charge in [0.15, 0.2) is 17.2 Å². The summed E-state index contributed by atoms with van der Waals surface area (Å²) < 4.78 is 12.0. The van der Waals surface area contributed by atoms with Crippen molar-refractivity contribution in [3.8, 4) is 11.5 Å². The molecule has 0 saturated heterocycles. The minimum Gasteiger partial charge on any atom is -0.493 e. The number of hydrogen-bond donors (Lipinski definition) is 1. The first-order valence-corrected chi connectivity index (χ1v) is 8.60. The van der Waals surface area contributed by atoms with Crippen LogP contribution in [0.4, 0.5) is 5.69 Å². The Morgan fingerprint density at radius 2 is 1.89 bits per heavy atom.